The van der Waals surface area contributed by atoms with Crippen LogP contribution in [0.25, 0.3) is 0 Å². The molecule has 1 aromatic carbocycles. The first kappa shape index (κ1) is 27.2. The lowest BCUT2D eigenvalue weighted by Crippen LogP contribution is -2.48. The van der Waals surface area contributed by atoms with Gasteiger partial charge in [-0.2, -0.15) is 13.2 Å². The largest absolute Gasteiger partial charge is 0.416 e. The van der Waals surface area contributed by atoms with E-state index in [2.05, 4.69) is 10.3 Å². The highest BCUT2D eigenvalue weighted by molar-refractivity contribution is 5.89. The molecule has 1 aromatic heterocycles. The van der Waals surface area contributed by atoms with E-state index in [1.807, 2.05) is 6.07 Å². The summed E-state index contributed by atoms with van der Waals surface area (Å²) < 4.78 is 51.5. The lowest BCUT2D eigenvalue weighted by Gasteiger charge is -2.39. The summed E-state index contributed by atoms with van der Waals surface area (Å²) in [7, 11) is 0. The molecule has 4 amide bonds. The van der Waals surface area contributed by atoms with Crippen LogP contribution in [0.15, 0.2) is 48.7 Å². The minimum absolute atomic E-state index is 0.269. The van der Waals surface area contributed by atoms with Gasteiger partial charge in [-0.3, -0.25) is 9.37 Å². The number of anilines is 1. The molecule has 11 heteroatoms. The van der Waals surface area contributed by atoms with E-state index in [9.17, 15) is 27.2 Å². The third kappa shape index (κ3) is 7.08. The Hall–Kier alpha value is -3.37. The van der Waals surface area contributed by atoms with Gasteiger partial charge in [-0.25, -0.2) is 9.59 Å². The summed E-state index contributed by atoms with van der Waals surface area (Å²) in [5.74, 6) is 0. The maximum absolute atomic E-state index is 13.8. The molecule has 196 valence electrons. The molecular formula is C25H31F4N5O2. The van der Waals surface area contributed by atoms with Crippen LogP contribution in [-0.4, -0.2) is 59.7 Å². The summed E-state index contributed by atoms with van der Waals surface area (Å²) in [6.07, 6.45) is 1.53. The van der Waals surface area contributed by atoms with Crippen molar-refractivity contribution in [3.05, 3.63) is 59.9 Å². The Balaban J connectivity index is 0.000000338. The number of hydrogen-bond donors (Lipinski definition) is 2. The zero-order valence-corrected chi connectivity index (χ0v) is 19.9. The molecule has 0 bridgehead atoms. The van der Waals surface area contributed by atoms with E-state index in [1.165, 1.54) is 23.5 Å². The second-order valence-corrected chi connectivity index (χ2v) is 9.01. The normalized spacial score (nSPS) is 17.6. The van der Waals surface area contributed by atoms with Gasteiger partial charge >= 0.3 is 18.2 Å². The fourth-order valence-electron chi connectivity index (χ4n) is 4.33. The molecule has 4 rings (SSSR count). The summed E-state index contributed by atoms with van der Waals surface area (Å²) in [6, 6.07) is 8.94. The van der Waals surface area contributed by atoms with Gasteiger partial charge in [0.1, 0.15) is 6.67 Å². The van der Waals surface area contributed by atoms with Crippen molar-refractivity contribution < 1.29 is 27.2 Å². The molecule has 2 aliphatic rings. The van der Waals surface area contributed by atoms with Crippen molar-refractivity contribution in [1.82, 2.24) is 14.8 Å². The molecule has 2 aromatic rings. The second-order valence-electron chi connectivity index (χ2n) is 9.01. The number of benzene rings is 1. The smallest absolute Gasteiger partial charge is 0.351 e. The van der Waals surface area contributed by atoms with Crippen molar-refractivity contribution >= 4 is 17.7 Å². The van der Waals surface area contributed by atoms with E-state index in [1.54, 1.807) is 23.2 Å². The van der Waals surface area contributed by atoms with E-state index in [0.29, 0.717) is 31.6 Å². The van der Waals surface area contributed by atoms with Crippen molar-refractivity contribution in [3.8, 4) is 0 Å². The molecule has 3 N–H and O–H groups in total. The van der Waals surface area contributed by atoms with Gasteiger partial charge in [-0.15, -0.1) is 0 Å². The first-order chi connectivity index (χ1) is 17.1. The zero-order valence-electron chi connectivity index (χ0n) is 19.9. The number of aromatic nitrogens is 1. The van der Waals surface area contributed by atoms with Gasteiger partial charge in [0.15, 0.2) is 0 Å². The molecule has 36 heavy (non-hydrogen) atoms. The number of alkyl halides is 4. The van der Waals surface area contributed by atoms with Crippen molar-refractivity contribution in [3.63, 3.8) is 0 Å². The third-order valence-corrected chi connectivity index (χ3v) is 6.60. The molecule has 2 saturated heterocycles. The molecule has 7 nitrogen and oxygen atoms in total. The molecule has 0 atom stereocenters. The molecule has 2 fully saturated rings. The molecule has 0 aliphatic carbocycles. The van der Waals surface area contributed by atoms with Crippen LogP contribution in [0.2, 0.25) is 0 Å². The zero-order chi connectivity index (χ0) is 26.2. The third-order valence-electron chi connectivity index (χ3n) is 6.60. The number of rotatable bonds is 3. The highest BCUT2D eigenvalue weighted by Gasteiger charge is 2.39. The number of likely N-dealkylation sites (tertiary alicyclic amines) is 2. The number of nitrogens with one attached hydrogen (secondary N) is 1. The monoisotopic (exact) mass is 509 g/mol. The predicted molar refractivity (Wildman–Crippen MR) is 128 cm³/mol. The number of urea groups is 2. The second kappa shape index (κ2) is 12.0. The van der Waals surface area contributed by atoms with E-state index in [-0.39, 0.29) is 11.7 Å². The molecular weight excluding hydrogens is 478 g/mol. The van der Waals surface area contributed by atoms with Crippen LogP contribution in [0.5, 0.6) is 0 Å². The average molecular weight is 510 g/mol. The number of carbonyl (C=O) groups is 2. The quantitative estimate of drug-likeness (QED) is 0.558. The van der Waals surface area contributed by atoms with Crippen LogP contribution in [0.1, 0.15) is 43.4 Å². The summed E-state index contributed by atoms with van der Waals surface area (Å²) in [4.78, 5) is 30.4. The Morgan fingerprint density at radius 1 is 0.944 bits per heavy atom. The topological polar surface area (TPSA) is 91.6 Å². The Morgan fingerprint density at radius 2 is 1.58 bits per heavy atom. The van der Waals surface area contributed by atoms with Gasteiger partial charge in [0.2, 0.25) is 0 Å². The first-order valence-corrected chi connectivity index (χ1v) is 11.9. The van der Waals surface area contributed by atoms with Crippen molar-refractivity contribution in [2.45, 2.75) is 43.7 Å². The van der Waals surface area contributed by atoms with E-state index >= 15 is 0 Å². The Morgan fingerprint density at radius 3 is 2.06 bits per heavy atom. The maximum atomic E-state index is 13.8. The number of nitrogens with zero attached hydrogens (tertiary/aromatic N) is 3. The number of carbonyl (C=O) groups excluding carboxylic acids is 2. The number of pyridine rings is 1. The average Bonchev–Trinajstić information content (AvgIpc) is 2.90. The van der Waals surface area contributed by atoms with Crippen LogP contribution in [-0.2, 0) is 11.6 Å². The van der Waals surface area contributed by atoms with Gasteiger partial charge in [0.05, 0.1) is 5.56 Å². The van der Waals surface area contributed by atoms with Crippen LogP contribution in [0.3, 0.4) is 0 Å². The number of halogens is 4. The summed E-state index contributed by atoms with van der Waals surface area (Å²) in [5.41, 5.74) is 4.53. The molecule has 0 unspecified atom stereocenters. The van der Waals surface area contributed by atoms with Crippen molar-refractivity contribution in [2.24, 2.45) is 5.73 Å². The van der Waals surface area contributed by atoms with Gasteiger partial charge < -0.3 is 20.9 Å². The van der Waals surface area contributed by atoms with Gasteiger partial charge in [0, 0.05) is 49.2 Å². The van der Waals surface area contributed by atoms with E-state index in [4.69, 9.17) is 5.73 Å². The summed E-state index contributed by atoms with van der Waals surface area (Å²) in [5, 5.41) is 2.59. The molecule has 0 saturated carbocycles. The fraction of sp³-hybridized carbons (Fsp3) is 0.480. The van der Waals surface area contributed by atoms with Gasteiger partial charge in [0.25, 0.3) is 0 Å². The number of piperidine rings is 2. The standard InChI is InChI=1S/C19H19F4N3O.C6H12N2O/c20-13-18(16-3-1-2-10-24-16)8-11-26(12-9-18)17(27)25-15-6-4-14(5-7-15)19(21,22)23;7-6(9)8-4-2-1-3-5-8/h1-7,10H,8-9,11-13H2,(H,25,27);1-5H2,(H2,7,9). The van der Waals surface area contributed by atoms with E-state index in [0.717, 1.165) is 38.1 Å². The molecule has 0 spiro atoms. The summed E-state index contributed by atoms with van der Waals surface area (Å²) >= 11 is 0. The van der Waals surface area contributed by atoms with Crippen LogP contribution in [0.4, 0.5) is 32.8 Å². The van der Waals surface area contributed by atoms with Crippen LogP contribution < -0.4 is 11.1 Å². The molecule has 2 aliphatic heterocycles. The number of hydrogen-bond acceptors (Lipinski definition) is 3. The lowest BCUT2D eigenvalue weighted by molar-refractivity contribution is -0.137. The summed E-state index contributed by atoms with van der Waals surface area (Å²) in [6.45, 7) is 1.84. The maximum Gasteiger partial charge on any atom is 0.416 e. The first-order valence-electron chi connectivity index (χ1n) is 11.9. The predicted octanol–water partition coefficient (Wildman–Crippen LogP) is 5.19. The SMILES string of the molecule is NC(=O)N1CCCCC1.O=C(Nc1ccc(C(F)(F)F)cc1)N1CCC(CF)(c2ccccn2)CC1. The van der Waals surface area contributed by atoms with Crippen molar-refractivity contribution in [2.75, 3.05) is 38.2 Å². The Kier molecular flexibility index (Phi) is 9.11. The number of primary amides is 1. The van der Waals surface area contributed by atoms with Crippen LogP contribution >= 0.6 is 0 Å². The Labute approximate surface area is 207 Å². The minimum Gasteiger partial charge on any atom is -0.351 e. The van der Waals surface area contributed by atoms with E-state index < -0.39 is 29.9 Å². The molecule has 0 radical (unpaired) electrons. The van der Waals surface area contributed by atoms with Crippen LogP contribution in [0, 0.1) is 0 Å². The lowest BCUT2D eigenvalue weighted by atomic mass is 9.76. The number of amides is 4. The Bertz CT molecular complexity index is 988. The fourth-order valence-corrected chi connectivity index (χ4v) is 4.33. The van der Waals surface area contributed by atoms with Crippen molar-refractivity contribution in [1.29, 1.82) is 0 Å². The number of nitrogens with two attached hydrogens (primary N) is 1. The molecule has 3 heterocycles. The van der Waals surface area contributed by atoms with Gasteiger partial charge in [-0.05, 0) is 68.5 Å². The van der Waals surface area contributed by atoms with Gasteiger partial charge in [-0.1, -0.05) is 6.07 Å². The highest BCUT2D eigenvalue weighted by Crippen LogP contribution is 2.35. The minimum atomic E-state index is -4.42. The highest BCUT2D eigenvalue weighted by atomic mass is 19.4.